The zero-order valence-corrected chi connectivity index (χ0v) is 6.02. The molecule has 0 bridgehead atoms. The van der Waals surface area contributed by atoms with Crippen LogP contribution in [-0.4, -0.2) is 25.2 Å². The molecule has 1 aliphatic heterocycles. The van der Waals surface area contributed by atoms with E-state index in [2.05, 4.69) is 10.6 Å². The van der Waals surface area contributed by atoms with Gasteiger partial charge in [0.15, 0.2) is 0 Å². The van der Waals surface area contributed by atoms with Crippen LogP contribution < -0.4 is 34.6 Å². The van der Waals surface area contributed by atoms with Crippen molar-refractivity contribution in [3.63, 3.8) is 0 Å². The third-order valence-electron chi connectivity index (χ3n) is 1.29. The van der Waals surface area contributed by atoms with E-state index in [1.807, 2.05) is 0 Å². The predicted octanol–water partition coefficient (Wildman–Crippen LogP) is -5.35. The van der Waals surface area contributed by atoms with Crippen molar-refractivity contribution >= 4 is 5.97 Å². The average Bonchev–Trinajstić information content (AvgIpc) is 1.90. The molecule has 2 N–H and O–H groups in total. The van der Waals surface area contributed by atoms with Crippen molar-refractivity contribution in [3.8, 4) is 0 Å². The second-order valence-corrected chi connectivity index (χ2v) is 2.01. The largest absolute Gasteiger partial charge is 1.00 e. The minimum absolute atomic E-state index is 0. The molecule has 0 spiro atoms. The number of carboxylic acid groups (broad SMARTS) is 1. The van der Waals surface area contributed by atoms with E-state index in [4.69, 9.17) is 0 Å². The molecule has 1 heterocycles. The Morgan fingerprint density at radius 2 is 1.90 bits per heavy atom. The van der Waals surface area contributed by atoms with Gasteiger partial charge in [-0.1, -0.05) is 0 Å². The summed E-state index contributed by atoms with van der Waals surface area (Å²) in [5, 5.41) is 15.6. The number of rotatable bonds is 1. The van der Waals surface area contributed by atoms with Crippen LogP contribution in [0.4, 0.5) is 0 Å². The van der Waals surface area contributed by atoms with E-state index in [0.29, 0.717) is 0 Å². The summed E-state index contributed by atoms with van der Waals surface area (Å²) in [6.45, 7) is 1.51. The molecule has 1 aliphatic rings. The Labute approximate surface area is 71.5 Å². The molecule has 0 atom stereocenters. The molecular formula is C5H9LiN2O2. The van der Waals surface area contributed by atoms with Crippen LogP contribution in [0, 0.1) is 0 Å². The SMILES string of the molecule is O=C([O-])C1NCCCN1.[Li+]. The van der Waals surface area contributed by atoms with Crippen molar-refractivity contribution < 1.29 is 28.8 Å². The fourth-order valence-corrected chi connectivity index (χ4v) is 0.820. The Morgan fingerprint density at radius 1 is 1.40 bits per heavy atom. The minimum atomic E-state index is -1.07. The van der Waals surface area contributed by atoms with Gasteiger partial charge in [0.2, 0.25) is 0 Å². The van der Waals surface area contributed by atoms with Gasteiger partial charge in [-0.3, -0.25) is 10.6 Å². The van der Waals surface area contributed by atoms with Crippen molar-refractivity contribution in [3.05, 3.63) is 0 Å². The van der Waals surface area contributed by atoms with Crippen LogP contribution in [0.5, 0.6) is 0 Å². The molecule has 52 valence electrons. The Hall–Kier alpha value is -0.0126. The van der Waals surface area contributed by atoms with Gasteiger partial charge in [-0.15, -0.1) is 0 Å². The fraction of sp³-hybridized carbons (Fsp3) is 0.800. The van der Waals surface area contributed by atoms with Crippen LogP contribution in [0.3, 0.4) is 0 Å². The molecule has 0 aromatic heterocycles. The van der Waals surface area contributed by atoms with Gasteiger partial charge < -0.3 is 9.90 Å². The first kappa shape index (κ1) is 9.99. The summed E-state index contributed by atoms with van der Waals surface area (Å²) in [7, 11) is 0. The molecule has 0 unspecified atom stereocenters. The van der Waals surface area contributed by atoms with Crippen LogP contribution in [0.15, 0.2) is 0 Å². The number of hydrogen-bond acceptors (Lipinski definition) is 4. The van der Waals surface area contributed by atoms with E-state index in [1.54, 1.807) is 0 Å². The summed E-state index contributed by atoms with van der Waals surface area (Å²) in [6, 6.07) is 0. The van der Waals surface area contributed by atoms with Crippen molar-refractivity contribution in [1.82, 2.24) is 10.6 Å². The van der Waals surface area contributed by atoms with Crippen LogP contribution >= 0.6 is 0 Å². The third kappa shape index (κ3) is 2.71. The number of hydrogen-bond donors (Lipinski definition) is 2. The minimum Gasteiger partial charge on any atom is -0.547 e. The smallest absolute Gasteiger partial charge is 0.547 e. The van der Waals surface area contributed by atoms with Gasteiger partial charge in [-0.2, -0.15) is 0 Å². The van der Waals surface area contributed by atoms with E-state index in [-0.39, 0.29) is 18.9 Å². The van der Waals surface area contributed by atoms with E-state index >= 15 is 0 Å². The zero-order valence-electron chi connectivity index (χ0n) is 6.02. The summed E-state index contributed by atoms with van der Waals surface area (Å²) >= 11 is 0. The molecular weight excluding hydrogens is 127 g/mol. The maximum atomic E-state index is 10.1. The topological polar surface area (TPSA) is 64.2 Å². The van der Waals surface area contributed by atoms with E-state index in [1.165, 1.54) is 0 Å². The second-order valence-electron chi connectivity index (χ2n) is 2.01. The normalized spacial score (nSPS) is 19.6. The Bertz CT molecular complexity index is 114. The van der Waals surface area contributed by atoms with Gasteiger partial charge in [-0.05, 0) is 19.5 Å². The van der Waals surface area contributed by atoms with Crippen LogP contribution in [-0.2, 0) is 4.79 Å². The number of carbonyl (C=O) groups excluding carboxylic acids is 1. The van der Waals surface area contributed by atoms with E-state index in [9.17, 15) is 9.90 Å². The van der Waals surface area contributed by atoms with Crippen molar-refractivity contribution in [2.24, 2.45) is 0 Å². The first-order valence-electron chi connectivity index (χ1n) is 2.98. The number of aliphatic carboxylic acids is 1. The van der Waals surface area contributed by atoms with Crippen molar-refractivity contribution in [2.75, 3.05) is 13.1 Å². The summed E-state index contributed by atoms with van der Waals surface area (Å²) < 4.78 is 0. The van der Waals surface area contributed by atoms with E-state index in [0.717, 1.165) is 19.5 Å². The standard InChI is InChI=1S/C5H10N2O2.Li/c8-5(9)4-6-2-1-3-7-4;/h4,6-7H,1-3H2,(H,8,9);/q;+1/p-1. The van der Waals surface area contributed by atoms with Crippen LogP contribution in [0.1, 0.15) is 6.42 Å². The van der Waals surface area contributed by atoms with Crippen molar-refractivity contribution in [1.29, 1.82) is 0 Å². The molecule has 0 aromatic rings. The Balaban J connectivity index is 0.000000810. The predicted molar refractivity (Wildman–Crippen MR) is 29.4 cm³/mol. The van der Waals surface area contributed by atoms with Gasteiger partial charge in [-0.25, -0.2) is 0 Å². The van der Waals surface area contributed by atoms with Gasteiger partial charge >= 0.3 is 18.9 Å². The quantitative estimate of drug-likeness (QED) is 0.353. The summed E-state index contributed by atoms with van der Waals surface area (Å²) in [5.41, 5.74) is 0. The van der Waals surface area contributed by atoms with Crippen LogP contribution in [0.25, 0.3) is 0 Å². The fourth-order valence-electron chi connectivity index (χ4n) is 0.820. The first-order valence-corrected chi connectivity index (χ1v) is 2.98. The zero-order chi connectivity index (χ0) is 6.69. The molecule has 0 aromatic carbocycles. The molecule has 0 aliphatic carbocycles. The van der Waals surface area contributed by atoms with Crippen LogP contribution in [0.2, 0.25) is 0 Å². The summed E-state index contributed by atoms with van der Waals surface area (Å²) in [5.74, 6) is -1.07. The van der Waals surface area contributed by atoms with Gasteiger partial charge in [0, 0.05) is 0 Å². The maximum Gasteiger partial charge on any atom is 1.00 e. The van der Waals surface area contributed by atoms with Gasteiger partial charge in [0.05, 0.1) is 12.1 Å². The molecule has 5 heteroatoms. The number of carboxylic acids is 1. The molecule has 1 fully saturated rings. The molecule has 0 radical (unpaired) electrons. The van der Waals surface area contributed by atoms with Gasteiger partial charge in [0.1, 0.15) is 0 Å². The molecule has 4 nitrogen and oxygen atoms in total. The van der Waals surface area contributed by atoms with E-state index < -0.39 is 12.1 Å². The number of nitrogens with one attached hydrogen (secondary N) is 2. The summed E-state index contributed by atoms with van der Waals surface area (Å²) in [6.07, 6.45) is 0.336. The molecule has 10 heavy (non-hydrogen) atoms. The Kier molecular flexibility index (Phi) is 4.74. The molecule has 0 saturated carbocycles. The van der Waals surface area contributed by atoms with Crippen molar-refractivity contribution in [2.45, 2.75) is 12.6 Å². The molecule has 1 rings (SSSR count). The first-order chi connectivity index (χ1) is 4.30. The molecule has 1 saturated heterocycles. The monoisotopic (exact) mass is 136 g/mol. The maximum absolute atomic E-state index is 10.1. The summed E-state index contributed by atoms with van der Waals surface area (Å²) in [4.78, 5) is 10.1. The second kappa shape index (κ2) is 4.75. The number of carbonyl (C=O) groups is 1. The third-order valence-corrected chi connectivity index (χ3v) is 1.29. The Morgan fingerprint density at radius 3 is 2.20 bits per heavy atom. The molecule has 0 amide bonds. The average molecular weight is 136 g/mol. The van der Waals surface area contributed by atoms with Gasteiger partial charge in [0.25, 0.3) is 0 Å².